The van der Waals surface area contributed by atoms with Crippen molar-refractivity contribution in [1.82, 2.24) is 31.3 Å². The Balaban J connectivity index is 2.32. The fourth-order valence-electron chi connectivity index (χ4n) is 0.947. The molecule has 1 heterocycles. The number of aromatic nitrogens is 4. The van der Waals surface area contributed by atoms with Gasteiger partial charge in [0.1, 0.15) is 6.04 Å². The van der Waals surface area contributed by atoms with Crippen LogP contribution in [0.1, 0.15) is 19.7 Å². The van der Waals surface area contributed by atoms with Gasteiger partial charge in [0.2, 0.25) is 11.8 Å². The minimum atomic E-state index is -0.575. The molecule has 0 spiro atoms. The Labute approximate surface area is 85.8 Å². The van der Waals surface area contributed by atoms with Crippen LogP contribution >= 0.6 is 0 Å². The molecule has 8 heteroatoms. The van der Waals surface area contributed by atoms with Crippen molar-refractivity contribution in [3.05, 3.63) is 5.82 Å². The lowest BCUT2D eigenvalue weighted by atomic mass is 10.3. The van der Waals surface area contributed by atoms with E-state index in [1.165, 1.54) is 6.92 Å². The van der Waals surface area contributed by atoms with E-state index in [9.17, 15) is 9.59 Å². The normalized spacial score (nSPS) is 11.9. The highest BCUT2D eigenvalue weighted by molar-refractivity contribution is 5.86. The van der Waals surface area contributed by atoms with Gasteiger partial charge in [-0.2, -0.15) is 5.21 Å². The Morgan fingerprint density at radius 3 is 2.80 bits per heavy atom. The van der Waals surface area contributed by atoms with Crippen molar-refractivity contribution in [2.45, 2.75) is 26.4 Å². The van der Waals surface area contributed by atoms with Gasteiger partial charge in [-0.05, 0) is 6.92 Å². The molecule has 0 aromatic carbocycles. The van der Waals surface area contributed by atoms with E-state index in [2.05, 4.69) is 31.3 Å². The molecule has 0 aliphatic heterocycles. The molecule has 1 rings (SSSR count). The Morgan fingerprint density at radius 1 is 1.53 bits per heavy atom. The third-order valence-electron chi connectivity index (χ3n) is 1.62. The lowest BCUT2D eigenvalue weighted by Gasteiger charge is -2.11. The van der Waals surface area contributed by atoms with Gasteiger partial charge < -0.3 is 10.6 Å². The topological polar surface area (TPSA) is 113 Å². The van der Waals surface area contributed by atoms with Crippen LogP contribution in [0.2, 0.25) is 0 Å². The first kappa shape index (κ1) is 11.1. The van der Waals surface area contributed by atoms with Gasteiger partial charge >= 0.3 is 0 Å². The molecule has 3 N–H and O–H groups in total. The SMILES string of the molecule is CC(=O)NC(C)C(=O)NCc1nn[nH]n1. The van der Waals surface area contributed by atoms with Gasteiger partial charge in [0, 0.05) is 6.92 Å². The van der Waals surface area contributed by atoms with Gasteiger partial charge in [-0.15, -0.1) is 10.2 Å². The number of hydrogen-bond donors (Lipinski definition) is 3. The maximum atomic E-state index is 11.4. The van der Waals surface area contributed by atoms with E-state index < -0.39 is 6.04 Å². The van der Waals surface area contributed by atoms with Gasteiger partial charge in [-0.1, -0.05) is 5.21 Å². The molecule has 15 heavy (non-hydrogen) atoms. The van der Waals surface area contributed by atoms with E-state index in [1.54, 1.807) is 6.92 Å². The number of nitrogens with one attached hydrogen (secondary N) is 3. The standard InChI is InChI=1S/C7H12N6O2/c1-4(9-5(2)14)7(15)8-3-6-10-12-13-11-6/h4H,3H2,1-2H3,(H,8,15)(H,9,14)(H,10,11,12,13). The fourth-order valence-corrected chi connectivity index (χ4v) is 0.947. The molecule has 1 atom stereocenters. The Kier molecular flexibility index (Phi) is 3.72. The highest BCUT2D eigenvalue weighted by atomic mass is 16.2. The van der Waals surface area contributed by atoms with Gasteiger partial charge in [-0.25, -0.2) is 0 Å². The largest absolute Gasteiger partial charge is 0.347 e. The number of tetrazole rings is 1. The van der Waals surface area contributed by atoms with Crippen LogP contribution in [0.25, 0.3) is 0 Å². The highest BCUT2D eigenvalue weighted by Gasteiger charge is 2.13. The molecule has 1 aromatic heterocycles. The summed E-state index contributed by atoms with van der Waals surface area (Å²) in [6, 6.07) is -0.575. The number of H-pyrrole nitrogens is 1. The van der Waals surface area contributed by atoms with Crippen molar-refractivity contribution in [2.24, 2.45) is 0 Å². The number of aromatic amines is 1. The van der Waals surface area contributed by atoms with Gasteiger partial charge in [0.25, 0.3) is 0 Å². The average Bonchev–Trinajstić information content (AvgIpc) is 2.65. The van der Waals surface area contributed by atoms with Crippen molar-refractivity contribution in [2.75, 3.05) is 0 Å². The zero-order chi connectivity index (χ0) is 11.3. The van der Waals surface area contributed by atoms with Crippen LogP contribution in [-0.4, -0.2) is 38.5 Å². The van der Waals surface area contributed by atoms with Crippen molar-refractivity contribution in [3.63, 3.8) is 0 Å². The molecule has 0 fully saturated rings. The van der Waals surface area contributed by atoms with E-state index in [-0.39, 0.29) is 18.4 Å². The van der Waals surface area contributed by atoms with Crippen molar-refractivity contribution in [1.29, 1.82) is 0 Å². The summed E-state index contributed by atoms with van der Waals surface area (Å²) in [5.74, 6) is -0.161. The number of hydrogen-bond acceptors (Lipinski definition) is 5. The predicted molar refractivity (Wildman–Crippen MR) is 49.3 cm³/mol. The molecule has 0 aliphatic rings. The van der Waals surface area contributed by atoms with Crippen LogP contribution < -0.4 is 10.6 Å². The number of carbonyl (C=O) groups is 2. The first-order valence-corrected chi connectivity index (χ1v) is 4.36. The molecule has 0 aliphatic carbocycles. The molecule has 2 amide bonds. The number of rotatable bonds is 4. The van der Waals surface area contributed by atoms with E-state index in [1.807, 2.05) is 0 Å². The zero-order valence-corrected chi connectivity index (χ0v) is 8.44. The van der Waals surface area contributed by atoms with E-state index in [0.717, 1.165) is 0 Å². The molecular weight excluding hydrogens is 200 g/mol. The second kappa shape index (κ2) is 5.03. The lowest BCUT2D eigenvalue weighted by Crippen LogP contribution is -2.43. The number of nitrogens with zero attached hydrogens (tertiary/aromatic N) is 3. The maximum absolute atomic E-state index is 11.4. The van der Waals surface area contributed by atoms with E-state index in [4.69, 9.17) is 0 Å². The molecule has 0 radical (unpaired) electrons. The van der Waals surface area contributed by atoms with Crippen molar-refractivity contribution >= 4 is 11.8 Å². The Hall–Kier alpha value is -1.99. The Morgan fingerprint density at radius 2 is 2.27 bits per heavy atom. The van der Waals surface area contributed by atoms with E-state index in [0.29, 0.717) is 5.82 Å². The van der Waals surface area contributed by atoms with Crippen molar-refractivity contribution < 1.29 is 9.59 Å². The summed E-state index contributed by atoms with van der Waals surface area (Å²) in [4.78, 5) is 22.0. The first-order chi connectivity index (χ1) is 7.09. The second-order valence-electron chi connectivity index (χ2n) is 2.97. The molecule has 0 saturated carbocycles. The molecule has 1 unspecified atom stereocenters. The fraction of sp³-hybridized carbons (Fsp3) is 0.571. The predicted octanol–water partition coefficient (Wildman–Crippen LogP) is -1.66. The van der Waals surface area contributed by atoms with Crippen LogP contribution in [0.15, 0.2) is 0 Å². The summed E-state index contributed by atoms with van der Waals surface area (Å²) in [6.07, 6.45) is 0. The van der Waals surface area contributed by atoms with Crippen LogP contribution in [0.4, 0.5) is 0 Å². The van der Waals surface area contributed by atoms with Crippen LogP contribution in [0.5, 0.6) is 0 Å². The summed E-state index contributed by atoms with van der Waals surface area (Å²) in [5, 5.41) is 17.9. The smallest absolute Gasteiger partial charge is 0.242 e. The summed E-state index contributed by atoms with van der Waals surface area (Å²) in [6.45, 7) is 3.12. The second-order valence-corrected chi connectivity index (χ2v) is 2.97. The molecule has 1 aromatic rings. The number of amides is 2. The average molecular weight is 212 g/mol. The number of carbonyl (C=O) groups excluding carboxylic acids is 2. The van der Waals surface area contributed by atoms with Gasteiger partial charge in [-0.3, -0.25) is 9.59 Å². The van der Waals surface area contributed by atoms with Crippen LogP contribution in [0, 0.1) is 0 Å². The van der Waals surface area contributed by atoms with E-state index >= 15 is 0 Å². The minimum Gasteiger partial charge on any atom is -0.347 e. The van der Waals surface area contributed by atoms with Gasteiger partial charge in [0.15, 0.2) is 5.82 Å². The first-order valence-electron chi connectivity index (χ1n) is 4.36. The van der Waals surface area contributed by atoms with Crippen LogP contribution in [0.3, 0.4) is 0 Å². The summed E-state index contributed by atoms with van der Waals surface area (Å²) >= 11 is 0. The molecule has 0 saturated heterocycles. The maximum Gasteiger partial charge on any atom is 0.242 e. The van der Waals surface area contributed by atoms with Gasteiger partial charge in [0.05, 0.1) is 6.54 Å². The lowest BCUT2D eigenvalue weighted by molar-refractivity contribution is -0.127. The zero-order valence-electron chi connectivity index (χ0n) is 8.44. The quantitative estimate of drug-likeness (QED) is 0.553. The monoisotopic (exact) mass is 212 g/mol. The third kappa shape index (κ3) is 3.71. The molecular formula is C7H12N6O2. The third-order valence-corrected chi connectivity index (χ3v) is 1.62. The minimum absolute atomic E-state index is 0.180. The highest BCUT2D eigenvalue weighted by Crippen LogP contribution is 1.85. The summed E-state index contributed by atoms with van der Waals surface area (Å²) in [5.41, 5.74) is 0. The van der Waals surface area contributed by atoms with Crippen LogP contribution in [-0.2, 0) is 16.1 Å². The van der Waals surface area contributed by atoms with Crippen molar-refractivity contribution in [3.8, 4) is 0 Å². The molecule has 0 bridgehead atoms. The molecule has 82 valence electrons. The Bertz CT molecular complexity index is 335. The summed E-state index contributed by atoms with van der Waals surface area (Å²) in [7, 11) is 0. The summed E-state index contributed by atoms with van der Waals surface area (Å²) < 4.78 is 0. The molecule has 8 nitrogen and oxygen atoms in total.